The van der Waals surface area contributed by atoms with Crippen molar-refractivity contribution < 1.29 is 0 Å². The highest BCUT2D eigenvalue weighted by Gasteiger charge is 2.17. The molecule has 0 bridgehead atoms. The third-order valence-electron chi connectivity index (χ3n) is 3.12. The number of fused-ring (bicyclic) bond motifs is 1. The van der Waals surface area contributed by atoms with Crippen LogP contribution in [0, 0.1) is 6.92 Å². The summed E-state index contributed by atoms with van der Waals surface area (Å²) >= 11 is 0. The number of hydrogen-bond donors (Lipinski definition) is 3. The highest BCUT2D eigenvalue weighted by Crippen LogP contribution is 2.24. The quantitative estimate of drug-likeness (QED) is 0.745. The van der Waals surface area contributed by atoms with Crippen LogP contribution in [-0.4, -0.2) is 9.97 Å². The summed E-state index contributed by atoms with van der Waals surface area (Å²) in [6.45, 7) is 3.44. The van der Waals surface area contributed by atoms with Crippen LogP contribution in [0.1, 0.15) is 16.8 Å². The second-order valence-electron chi connectivity index (χ2n) is 4.39. The maximum Gasteiger partial charge on any atom is 0.347 e. The zero-order chi connectivity index (χ0) is 12.5. The van der Waals surface area contributed by atoms with Gasteiger partial charge >= 0.3 is 5.69 Å². The van der Waals surface area contributed by atoms with E-state index in [1.54, 1.807) is 0 Å². The van der Waals surface area contributed by atoms with Crippen LogP contribution in [0.25, 0.3) is 0 Å². The molecule has 0 aliphatic carbocycles. The zero-order valence-electron chi connectivity index (χ0n) is 10.1. The molecule has 5 nitrogen and oxygen atoms in total. The summed E-state index contributed by atoms with van der Waals surface area (Å²) in [5.74, 6) is 0.646. The summed E-state index contributed by atoms with van der Waals surface area (Å²) in [5, 5.41) is 6.45. The molecule has 1 aliphatic heterocycles. The molecule has 2 heterocycles. The standard InChI is InChI=1S/C13H14N4O/c1-8-4-2-3-5-10(8)15-12-9-6-14-7-11(9)16-13(18)17-12/h2-5,14H,6-7H2,1H3,(H2,15,16,17,18). The molecule has 5 heteroatoms. The molecule has 1 aromatic heterocycles. The van der Waals surface area contributed by atoms with E-state index in [4.69, 9.17) is 0 Å². The van der Waals surface area contributed by atoms with E-state index in [0.717, 1.165) is 29.1 Å². The van der Waals surface area contributed by atoms with Crippen molar-refractivity contribution in [3.63, 3.8) is 0 Å². The van der Waals surface area contributed by atoms with Gasteiger partial charge in [0.25, 0.3) is 0 Å². The first-order chi connectivity index (χ1) is 8.74. The molecule has 0 saturated carbocycles. The van der Waals surface area contributed by atoms with Gasteiger partial charge in [0.15, 0.2) is 0 Å². The van der Waals surface area contributed by atoms with Crippen LogP contribution in [0.2, 0.25) is 0 Å². The Morgan fingerprint density at radius 1 is 1.28 bits per heavy atom. The van der Waals surface area contributed by atoms with E-state index in [-0.39, 0.29) is 5.69 Å². The Labute approximate surface area is 104 Å². The third-order valence-corrected chi connectivity index (χ3v) is 3.12. The van der Waals surface area contributed by atoms with Crippen LogP contribution in [0.4, 0.5) is 11.5 Å². The zero-order valence-corrected chi connectivity index (χ0v) is 10.1. The lowest BCUT2D eigenvalue weighted by atomic mass is 10.2. The second kappa shape index (κ2) is 4.27. The minimum atomic E-state index is -0.312. The SMILES string of the molecule is Cc1ccccc1Nc1nc(=O)[nH]c2c1CNC2. The first kappa shape index (κ1) is 11.0. The second-order valence-corrected chi connectivity index (χ2v) is 4.39. The van der Waals surface area contributed by atoms with E-state index in [9.17, 15) is 4.79 Å². The van der Waals surface area contributed by atoms with Gasteiger partial charge in [-0.25, -0.2) is 4.79 Å². The molecule has 92 valence electrons. The molecule has 18 heavy (non-hydrogen) atoms. The maximum atomic E-state index is 11.5. The van der Waals surface area contributed by atoms with E-state index in [2.05, 4.69) is 20.6 Å². The van der Waals surface area contributed by atoms with Gasteiger partial charge in [0.1, 0.15) is 5.82 Å². The summed E-state index contributed by atoms with van der Waals surface area (Å²) in [7, 11) is 0. The first-order valence-corrected chi connectivity index (χ1v) is 5.89. The van der Waals surface area contributed by atoms with Crippen LogP contribution >= 0.6 is 0 Å². The number of nitrogens with one attached hydrogen (secondary N) is 3. The Bertz CT molecular complexity index is 648. The lowest BCUT2D eigenvalue weighted by Crippen LogP contribution is -2.16. The molecule has 0 radical (unpaired) electrons. The molecule has 0 fully saturated rings. The smallest absolute Gasteiger partial charge is 0.340 e. The molecule has 0 saturated heterocycles. The van der Waals surface area contributed by atoms with Gasteiger partial charge in [-0.3, -0.25) is 0 Å². The average molecular weight is 242 g/mol. The van der Waals surface area contributed by atoms with Gasteiger partial charge in [0.2, 0.25) is 0 Å². The van der Waals surface area contributed by atoms with Gasteiger partial charge in [-0.05, 0) is 18.6 Å². The molecule has 2 aromatic rings. The van der Waals surface area contributed by atoms with Crippen molar-refractivity contribution in [2.24, 2.45) is 0 Å². The topological polar surface area (TPSA) is 69.8 Å². The van der Waals surface area contributed by atoms with Gasteiger partial charge in [-0.2, -0.15) is 4.98 Å². The van der Waals surface area contributed by atoms with Crippen LogP contribution < -0.4 is 16.3 Å². The van der Waals surface area contributed by atoms with Crippen molar-refractivity contribution in [1.29, 1.82) is 0 Å². The largest absolute Gasteiger partial charge is 0.347 e. The van der Waals surface area contributed by atoms with Gasteiger partial charge in [0.05, 0.1) is 0 Å². The number of hydrogen-bond acceptors (Lipinski definition) is 4. The number of aromatic amines is 1. The number of benzene rings is 1. The van der Waals surface area contributed by atoms with E-state index >= 15 is 0 Å². The molecule has 3 rings (SSSR count). The highest BCUT2D eigenvalue weighted by atomic mass is 16.1. The highest BCUT2D eigenvalue weighted by molar-refractivity contribution is 5.63. The van der Waals surface area contributed by atoms with Crippen molar-refractivity contribution >= 4 is 11.5 Å². The monoisotopic (exact) mass is 242 g/mol. The fourth-order valence-electron chi connectivity index (χ4n) is 2.14. The Balaban J connectivity index is 2.04. The van der Waals surface area contributed by atoms with Crippen molar-refractivity contribution in [3.05, 3.63) is 51.6 Å². The predicted octanol–water partition coefficient (Wildman–Crippen LogP) is 1.43. The van der Waals surface area contributed by atoms with Gasteiger partial charge < -0.3 is 15.6 Å². The number of aryl methyl sites for hydroxylation is 1. The van der Waals surface area contributed by atoms with E-state index < -0.39 is 0 Å². The van der Waals surface area contributed by atoms with Crippen LogP contribution in [0.15, 0.2) is 29.1 Å². The summed E-state index contributed by atoms with van der Waals surface area (Å²) in [5.41, 5.74) is 3.75. The molecule has 0 spiro atoms. The van der Waals surface area contributed by atoms with E-state index in [1.165, 1.54) is 0 Å². The Hall–Kier alpha value is -2.14. The van der Waals surface area contributed by atoms with Gasteiger partial charge in [-0.1, -0.05) is 18.2 Å². The number of rotatable bonds is 2. The summed E-state index contributed by atoms with van der Waals surface area (Å²) < 4.78 is 0. The molecular weight excluding hydrogens is 228 g/mol. The molecular formula is C13H14N4O. The number of aromatic nitrogens is 2. The molecule has 0 unspecified atom stereocenters. The lowest BCUT2D eigenvalue weighted by Gasteiger charge is -2.11. The van der Waals surface area contributed by atoms with Gasteiger partial charge in [0, 0.05) is 30.0 Å². The summed E-state index contributed by atoms with van der Waals surface area (Å²) in [4.78, 5) is 18.3. The molecule has 0 amide bonds. The van der Waals surface area contributed by atoms with Crippen molar-refractivity contribution in [3.8, 4) is 0 Å². The molecule has 3 N–H and O–H groups in total. The fourth-order valence-corrected chi connectivity index (χ4v) is 2.14. The Kier molecular flexibility index (Phi) is 2.60. The number of H-pyrrole nitrogens is 1. The molecule has 0 atom stereocenters. The van der Waals surface area contributed by atoms with Crippen molar-refractivity contribution in [2.75, 3.05) is 5.32 Å². The maximum absolute atomic E-state index is 11.5. The normalized spacial score (nSPS) is 13.4. The summed E-state index contributed by atoms with van der Waals surface area (Å²) in [6, 6.07) is 7.94. The van der Waals surface area contributed by atoms with Crippen molar-refractivity contribution in [1.82, 2.24) is 15.3 Å². The van der Waals surface area contributed by atoms with Crippen LogP contribution in [-0.2, 0) is 13.1 Å². The van der Waals surface area contributed by atoms with E-state index in [1.807, 2.05) is 31.2 Å². The van der Waals surface area contributed by atoms with Crippen LogP contribution in [0.5, 0.6) is 0 Å². The average Bonchev–Trinajstić information content (AvgIpc) is 2.80. The number of nitrogens with zero attached hydrogens (tertiary/aromatic N) is 1. The Morgan fingerprint density at radius 3 is 2.94 bits per heavy atom. The summed E-state index contributed by atoms with van der Waals surface area (Å²) in [6.07, 6.45) is 0. The minimum absolute atomic E-state index is 0.312. The van der Waals surface area contributed by atoms with Crippen molar-refractivity contribution in [2.45, 2.75) is 20.0 Å². The Morgan fingerprint density at radius 2 is 2.11 bits per heavy atom. The van der Waals surface area contributed by atoms with Crippen LogP contribution in [0.3, 0.4) is 0 Å². The first-order valence-electron chi connectivity index (χ1n) is 5.89. The number of anilines is 2. The number of para-hydroxylation sites is 1. The third kappa shape index (κ3) is 1.89. The van der Waals surface area contributed by atoms with Gasteiger partial charge in [-0.15, -0.1) is 0 Å². The minimum Gasteiger partial charge on any atom is -0.340 e. The van der Waals surface area contributed by atoms with E-state index in [0.29, 0.717) is 12.4 Å². The lowest BCUT2D eigenvalue weighted by molar-refractivity contribution is 0.757. The molecule has 1 aromatic carbocycles. The predicted molar refractivity (Wildman–Crippen MR) is 69.9 cm³/mol. The fraction of sp³-hybridized carbons (Fsp3) is 0.231. The molecule has 1 aliphatic rings.